The van der Waals surface area contributed by atoms with Gasteiger partial charge in [0.25, 0.3) is 5.91 Å². The van der Waals surface area contributed by atoms with Gasteiger partial charge in [-0.25, -0.2) is 0 Å². The van der Waals surface area contributed by atoms with E-state index in [0.717, 1.165) is 25.1 Å². The van der Waals surface area contributed by atoms with Gasteiger partial charge in [-0.2, -0.15) is 4.98 Å². The number of piperidine rings is 1. The Hall–Kier alpha value is -2.57. The maximum Gasteiger partial charge on any atom is 0.253 e. The van der Waals surface area contributed by atoms with Crippen LogP contribution in [0.4, 0.5) is 0 Å². The van der Waals surface area contributed by atoms with Crippen molar-refractivity contribution in [1.29, 1.82) is 0 Å². The SMILES string of the molecule is CCc1noc(C2CCN(C(=O)c3ccc4c(c3)OCO4)CC2)n1. The summed E-state index contributed by atoms with van der Waals surface area (Å²) < 4.78 is 16.0. The van der Waals surface area contributed by atoms with Crippen LogP contribution in [0.2, 0.25) is 0 Å². The first-order valence-corrected chi connectivity index (χ1v) is 8.26. The molecule has 1 saturated heterocycles. The number of nitrogens with zero attached hydrogens (tertiary/aromatic N) is 3. The molecule has 0 unspecified atom stereocenters. The predicted octanol–water partition coefficient (Wildman–Crippen LogP) is 2.38. The van der Waals surface area contributed by atoms with Crippen LogP contribution < -0.4 is 9.47 Å². The molecular weight excluding hydrogens is 310 g/mol. The highest BCUT2D eigenvalue weighted by Gasteiger charge is 2.28. The second kappa shape index (κ2) is 6.14. The fourth-order valence-corrected chi connectivity index (χ4v) is 3.12. The molecule has 0 N–H and O–H groups in total. The molecular formula is C17H19N3O4. The van der Waals surface area contributed by atoms with Gasteiger partial charge in [-0.3, -0.25) is 4.79 Å². The van der Waals surface area contributed by atoms with E-state index < -0.39 is 0 Å². The summed E-state index contributed by atoms with van der Waals surface area (Å²) in [6.07, 6.45) is 2.44. The molecule has 1 amide bonds. The average Bonchev–Trinajstić information content (AvgIpc) is 3.29. The number of carbonyl (C=O) groups excluding carboxylic acids is 1. The van der Waals surface area contributed by atoms with Crippen molar-refractivity contribution in [1.82, 2.24) is 15.0 Å². The summed E-state index contributed by atoms with van der Waals surface area (Å²) in [4.78, 5) is 18.9. The van der Waals surface area contributed by atoms with E-state index in [-0.39, 0.29) is 18.6 Å². The summed E-state index contributed by atoms with van der Waals surface area (Å²) in [5.41, 5.74) is 0.628. The molecule has 0 radical (unpaired) electrons. The van der Waals surface area contributed by atoms with Crippen molar-refractivity contribution < 1.29 is 18.8 Å². The highest BCUT2D eigenvalue weighted by molar-refractivity contribution is 5.95. The third-order valence-corrected chi connectivity index (χ3v) is 4.55. The first kappa shape index (κ1) is 15.0. The van der Waals surface area contributed by atoms with Crippen molar-refractivity contribution in [3.05, 3.63) is 35.5 Å². The number of rotatable bonds is 3. The first-order valence-electron chi connectivity index (χ1n) is 8.26. The summed E-state index contributed by atoms with van der Waals surface area (Å²) in [6.45, 7) is 3.58. The van der Waals surface area contributed by atoms with Crippen LogP contribution in [0.25, 0.3) is 0 Å². The quantitative estimate of drug-likeness (QED) is 0.860. The van der Waals surface area contributed by atoms with Crippen molar-refractivity contribution in [2.24, 2.45) is 0 Å². The Labute approximate surface area is 139 Å². The van der Waals surface area contributed by atoms with E-state index in [0.29, 0.717) is 36.0 Å². The number of ether oxygens (including phenoxy) is 2. The van der Waals surface area contributed by atoms with Crippen molar-refractivity contribution in [2.75, 3.05) is 19.9 Å². The first-order chi connectivity index (χ1) is 11.7. The molecule has 2 aromatic rings. The van der Waals surface area contributed by atoms with Gasteiger partial charge in [-0.15, -0.1) is 0 Å². The van der Waals surface area contributed by atoms with E-state index in [1.54, 1.807) is 18.2 Å². The normalized spacial score (nSPS) is 17.3. The molecule has 3 heterocycles. The number of hydrogen-bond acceptors (Lipinski definition) is 6. The van der Waals surface area contributed by atoms with Crippen LogP contribution in [0, 0.1) is 0 Å². The summed E-state index contributed by atoms with van der Waals surface area (Å²) in [6, 6.07) is 5.32. The molecule has 2 aliphatic rings. The Morgan fingerprint density at radius 1 is 1.25 bits per heavy atom. The Morgan fingerprint density at radius 3 is 2.79 bits per heavy atom. The summed E-state index contributed by atoms with van der Waals surface area (Å²) in [5, 5.41) is 3.95. The van der Waals surface area contributed by atoms with Crippen LogP contribution in [0.5, 0.6) is 11.5 Å². The third kappa shape index (κ3) is 2.70. The molecule has 0 aliphatic carbocycles. The largest absolute Gasteiger partial charge is 0.454 e. The van der Waals surface area contributed by atoms with Gasteiger partial charge in [0.15, 0.2) is 17.3 Å². The lowest BCUT2D eigenvalue weighted by atomic mass is 9.96. The van der Waals surface area contributed by atoms with Gasteiger partial charge < -0.3 is 18.9 Å². The summed E-state index contributed by atoms with van der Waals surface area (Å²) in [7, 11) is 0. The topological polar surface area (TPSA) is 77.7 Å². The number of aromatic nitrogens is 2. The number of amides is 1. The van der Waals surface area contributed by atoms with E-state index in [2.05, 4.69) is 10.1 Å². The van der Waals surface area contributed by atoms with Crippen LogP contribution in [-0.2, 0) is 6.42 Å². The van der Waals surface area contributed by atoms with Crippen LogP contribution in [-0.4, -0.2) is 40.8 Å². The molecule has 0 spiro atoms. The number of benzene rings is 1. The predicted molar refractivity (Wildman–Crippen MR) is 84.1 cm³/mol. The fraction of sp³-hybridized carbons (Fsp3) is 0.471. The van der Waals surface area contributed by atoms with Gasteiger partial charge in [-0.05, 0) is 31.0 Å². The molecule has 0 saturated carbocycles. The average molecular weight is 329 g/mol. The maximum absolute atomic E-state index is 12.7. The zero-order valence-electron chi connectivity index (χ0n) is 13.5. The van der Waals surface area contributed by atoms with Crippen molar-refractivity contribution in [3.63, 3.8) is 0 Å². The van der Waals surface area contributed by atoms with Gasteiger partial charge in [0, 0.05) is 31.0 Å². The smallest absolute Gasteiger partial charge is 0.253 e. The van der Waals surface area contributed by atoms with E-state index in [9.17, 15) is 4.79 Å². The highest BCUT2D eigenvalue weighted by atomic mass is 16.7. The second-order valence-corrected chi connectivity index (χ2v) is 6.04. The number of aryl methyl sites for hydroxylation is 1. The standard InChI is InChI=1S/C17H19N3O4/c1-2-15-18-16(24-19-15)11-5-7-20(8-6-11)17(21)12-3-4-13-14(9-12)23-10-22-13/h3-4,9,11H,2,5-8,10H2,1H3. The van der Waals surface area contributed by atoms with Crippen molar-refractivity contribution >= 4 is 5.91 Å². The molecule has 1 aromatic carbocycles. The van der Waals surface area contributed by atoms with Gasteiger partial charge in [0.05, 0.1) is 0 Å². The maximum atomic E-state index is 12.7. The minimum atomic E-state index is 0.0199. The van der Waals surface area contributed by atoms with Gasteiger partial charge in [-0.1, -0.05) is 12.1 Å². The molecule has 4 rings (SSSR count). The number of likely N-dealkylation sites (tertiary alicyclic amines) is 1. The van der Waals surface area contributed by atoms with Crippen LogP contribution in [0.1, 0.15) is 47.8 Å². The van der Waals surface area contributed by atoms with Crippen LogP contribution in [0.15, 0.2) is 22.7 Å². The third-order valence-electron chi connectivity index (χ3n) is 4.55. The van der Waals surface area contributed by atoms with Crippen molar-refractivity contribution in [3.8, 4) is 11.5 Å². The lowest BCUT2D eigenvalue weighted by Gasteiger charge is -2.30. The lowest BCUT2D eigenvalue weighted by molar-refractivity contribution is 0.0704. The molecule has 7 heteroatoms. The van der Waals surface area contributed by atoms with E-state index >= 15 is 0 Å². The van der Waals surface area contributed by atoms with Gasteiger partial charge in [0.2, 0.25) is 12.7 Å². The number of hydrogen-bond donors (Lipinski definition) is 0. The summed E-state index contributed by atoms with van der Waals surface area (Å²) >= 11 is 0. The van der Waals surface area contributed by atoms with E-state index in [1.165, 1.54) is 0 Å². The molecule has 126 valence electrons. The molecule has 1 fully saturated rings. The molecule has 2 aliphatic heterocycles. The highest BCUT2D eigenvalue weighted by Crippen LogP contribution is 2.33. The Morgan fingerprint density at radius 2 is 2.04 bits per heavy atom. The monoisotopic (exact) mass is 329 g/mol. The second-order valence-electron chi connectivity index (χ2n) is 6.04. The van der Waals surface area contributed by atoms with E-state index in [4.69, 9.17) is 14.0 Å². The van der Waals surface area contributed by atoms with Crippen LogP contribution >= 0.6 is 0 Å². The minimum Gasteiger partial charge on any atom is -0.454 e. The lowest BCUT2D eigenvalue weighted by Crippen LogP contribution is -2.38. The van der Waals surface area contributed by atoms with Gasteiger partial charge >= 0.3 is 0 Å². The molecule has 0 bridgehead atoms. The Balaban J connectivity index is 1.41. The van der Waals surface area contributed by atoms with Crippen LogP contribution in [0.3, 0.4) is 0 Å². The molecule has 0 atom stereocenters. The van der Waals surface area contributed by atoms with Gasteiger partial charge in [0.1, 0.15) is 0 Å². The summed E-state index contributed by atoms with van der Waals surface area (Å²) in [5.74, 6) is 3.01. The fourth-order valence-electron chi connectivity index (χ4n) is 3.12. The Kier molecular flexibility index (Phi) is 3.84. The van der Waals surface area contributed by atoms with E-state index in [1.807, 2.05) is 11.8 Å². The molecule has 1 aromatic heterocycles. The zero-order valence-corrected chi connectivity index (χ0v) is 13.5. The van der Waals surface area contributed by atoms with Crippen molar-refractivity contribution in [2.45, 2.75) is 32.1 Å². The number of fused-ring (bicyclic) bond motifs is 1. The molecule has 7 nitrogen and oxygen atoms in total. The molecule has 24 heavy (non-hydrogen) atoms. The number of carbonyl (C=O) groups is 1. The Bertz CT molecular complexity index is 750. The minimum absolute atomic E-state index is 0.0199. The zero-order chi connectivity index (χ0) is 16.5.